The van der Waals surface area contributed by atoms with Crippen LogP contribution in [0.2, 0.25) is 0 Å². The SMILES string of the molecule is CC(=O)N1CCN(C(=O)C2CCNCC2)CC1C(=O)NC(CC1CCCCC1)C(N)=O. The van der Waals surface area contributed by atoms with Gasteiger partial charge in [-0.2, -0.15) is 0 Å². The van der Waals surface area contributed by atoms with Crippen LogP contribution >= 0.6 is 0 Å². The molecule has 1 saturated carbocycles. The zero-order chi connectivity index (χ0) is 22.4. The largest absolute Gasteiger partial charge is 0.368 e. The molecule has 174 valence electrons. The highest BCUT2D eigenvalue weighted by Crippen LogP contribution is 2.27. The first-order valence-corrected chi connectivity index (χ1v) is 11.7. The molecule has 0 aromatic heterocycles. The Hall–Kier alpha value is -2.16. The second-order valence-electron chi connectivity index (χ2n) is 9.24. The Morgan fingerprint density at radius 3 is 2.32 bits per heavy atom. The van der Waals surface area contributed by atoms with Gasteiger partial charge < -0.3 is 26.2 Å². The van der Waals surface area contributed by atoms with Crippen LogP contribution in [0.4, 0.5) is 0 Å². The van der Waals surface area contributed by atoms with Gasteiger partial charge >= 0.3 is 0 Å². The van der Waals surface area contributed by atoms with E-state index in [1.54, 1.807) is 4.90 Å². The molecule has 2 aliphatic heterocycles. The van der Waals surface area contributed by atoms with Crippen molar-refractivity contribution in [3.05, 3.63) is 0 Å². The molecule has 9 heteroatoms. The van der Waals surface area contributed by atoms with Crippen molar-refractivity contribution >= 4 is 23.6 Å². The van der Waals surface area contributed by atoms with Crippen LogP contribution in [0.3, 0.4) is 0 Å². The molecule has 9 nitrogen and oxygen atoms in total. The highest BCUT2D eigenvalue weighted by atomic mass is 16.2. The monoisotopic (exact) mass is 435 g/mol. The predicted molar refractivity (Wildman–Crippen MR) is 116 cm³/mol. The van der Waals surface area contributed by atoms with Crippen LogP contribution < -0.4 is 16.4 Å². The van der Waals surface area contributed by atoms with Gasteiger partial charge in [0.1, 0.15) is 12.1 Å². The van der Waals surface area contributed by atoms with Crippen molar-refractivity contribution in [2.24, 2.45) is 17.6 Å². The number of piperidine rings is 1. The van der Waals surface area contributed by atoms with Crippen LogP contribution in [0.1, 0.15) is 58.3 Å². The third kappa shape index (κ3) is 6.18. The number of piperazine rings is 1. The number of carbonyl (C=O) groups is 4. The molecule has 3 aliphatic rings. The smallest absolute Gasteiger partial charge is 0.245 e. The first-order valence-electron chi connectivity index (χ1n) is 11.7. The van der Waals surface area contributed by atoms with Gasteiger partial charge in [0, 0.05) is 25.9 Å². The van der Waals surface area contributed by atoms with E-state index >= 15 is 0 Å². The first kappa shape index (κ1) is 23.5. The standard InChI is InChI=1S/C22H37N5O4/c1-15(28)27-12-11-26(22(31)17-7-9-24-10-8-17)14-19(27)21(30)25-18(20(23)29)13-16-5-3-2-4-6-16/h16-19,24H,2-14H2,1H3,(H2,23,29)(H,25,30). The molecule has 31 heavy (non-hydrogen) atoms. The lowest BCUT2D eigenvalue weighted by atomic mass is 9.84. The molecule has 4 amide bonds. The van der Waals surface area contributed by atoms with E-state index in [0.717, 1.165) is 51.6 Å². The number of rotatable bonds is 6. The van der Waals surface area contributed by atoms with Crippen LogP contribution in [0.25, 0.3) is 0 Å². The van der Waals surface area contributed by atoms with E-state index in [9.17, 15) is 19.2 Å². The third-order valence-electron chi connectivity index (χ3n) is 7.04. The van der Waals surface area contributed by atoms with Crippen molar-refractivity contribution < 1.29 is 19.2 Å². The maximum atomic E-state index is 13.2. The molecule has 2 atom stereocenters. The van der Waals surface area contributed by atoms with Crippen molar-refractivity contribution in [1.82, 2.24) is 20.4 Å². The molecule has 2 heterocycles. The molecule has 1 aliphatic carbocycles. The molecule has 3 fully saturated rings. The van der Waals surface area contributed by atoms with Crippen LogP contribution in [-0.4, -0.2) is 78.2 Å². The predicted octanol–water partition coefficient (Wildman–Crippen LogP) is -0.0142. The van der Waals surface area contributed by atoms with E-state index in [1.165, 1.54) is 18.2 Å². The Balaban J connectivity index is 1.66. The Labute approximate surface area is 184 Å². The van der Waals surface area contributed by atoms with Gasteiger partial charge in [-0.3, -0.25) is 19.2 Å². The summed E-state index contributed by atoms with van der Waals surface area (Å²) in [5, 5.41) is 6.06. The summed E-state index contributed by atoms with van der Waals surface area (Å²) in [6, 6.07) is -1.55. The minimum atomic E-state index is -0.801. The Morgan fingerprint density at radius 1 is 1.03 bits per heavy atom. The minimum Gasteiger partial charge on any atom is -0.368 e. The van der Waals surface area contributed by atoms with Crippen molar-refractivity contribution in [1.29, 1.82) is 0 Å². The molecule has 2 unspecified atom stereocenters. The summed E-state index contributed by atoms with van der Waals surface area (Å²) >= 11 is 0. The molecule has 3 rings (SSSR count). The van der Waals surface area contributed by atoms with Crippen LogP contribution in [-0.2, 0) is 19.2 Å². The third-order valence-corrected chi connectivity index (χ3v) is 7.04. The van der Waals surface area contributed by atoms with Crippen molar-refractivity contribution in [3.63, 3.8) is 0 Å². The molecule has 0 spiro atoms. The zero-order valence-electron chi connectivity index (χ0n) is 18.6. The fourth-order valence-electron chi connectivity index (χ4n) is 5.18. The number of carbonyl (C=O) groups excluding carboxylic acids is 4. The van der Waals surface area contributed by atoms with Gasteiger partial charge in [-0.25, -0.2) is 0 Å². The first-order chi connectivity index (χ1) is 14.9. The molecule has 0 radical (unpaired) electrons. The molecular weight excluding hydrogens is 398 g/mol. The summed E-state index contributed by atoms with van der Waals surface area (Å²) in [6.07, 6.45) is 7.67. The molecular formula is C22H37N5O4. The quantitative estimate of drug-likeness (QED) is 0.541. The summed E-state index contributed by atoms with van der Waals surface area (Å²) in [5.74, 6) is -0.782. The number of nitrogens with zero attached hydrogens (tertiary/aromatic N) is 2. The van der Waals surface area contributed by atoms with Gasteiger partial charge in [-0.05, 0) is 38.3 Å². The molecule has 0 aromatic carbocycles. The molecule has 0 bridgehead atoms. The second kappa shape index (κ2) is 10.9. The average molecular weight is 436 g/mol. The summed E-state index contributed by atoms with van der Waals surface area (Å²) in [6.45, 7) is 3.95. The van der Waals surface area contributed by atoms with Crippen molar-refractivity contribution in [2.45, 2.75) is 70.4 Å². The van der Waals surface area contributed by atoms with Crippen LogP contribution in [0, 0.1) is 11.8 Å². The Morgan fingerprint density at radius 2 is 1.71 bits per heavy atom. The summed E-state index contributed by atoms with van der Waals surface area (Å²) in [7, 11) is 0. The molecule has 4 N–H and O–H groups in total. The highest BCUT2D eigenvalue weighted by molar-refractivity contribution is 5.92. The summed E-state index contributed by atoms with van der Waals surface area (Å²) < 4.78 is 0. The number of amides is 4. The lowest BCUT2D eigenvalue weighted by molar-refractivity contribution is -0.150. The number of hydrogen-bond donors (Lipinski definition) is 3. The fourth-order valence-corrected chi connectivity index (χ4v) is 5.18. The second-order valence-corrected chi connectivity index (χ2v) is 9.24. The number of primary amides is 1. The van der Waals surface area contributed by atoms with E-state index in [1.807, 2.05) is 0 Å². The Kier molecular flexibility index (Phi) is 8.28. The fraction of sp³-hybridized carbons (Fsp3) is 0.818. The van der Waals surface area contributed by atoms with Crippen LogP contribution in [0.5, 0.6) is 0 Å². The average Bonchev–Trinajstić information content (AvgIpc) is 2.78. The number of hydrogen-bond acceptors (Lipinski definition) is 5. The van der Waals surface area contributed by atoms with Gasteiger partial charge in [-0.1, -0.05) is 32.1 Å². The van der Waals surface area contributed by atoms with Gasteiger partial charge in [0.25, 0.3) is 0 Å². The molecule has 0 aromatic rings. The minimum absolute atomic E-state index is 0.0430. The van der Waals surface area contributed by atoms with Gasteiger partial charge in [-0.15, -0.1) is 0 Å². The lowest BCUT2D eigenvalue weighted by Gasteiger charge is -2.42. The highest BCUT2D eigenvalue weighted by Gasteiger charge is 2.39. The van der Waals surface area contributed by atoms with Crippen molar-refractivity contribution in [3.8, 4) is 0 Å². The lowest BCUT2D eigenvalue weighted by Crippen LogP contribution is -2.63. The maximum absolute atomic E-state index is 13.2. The van der Waals surface area contributed by atoms with E-state index in [-0.39, 0.29) is 24.3 Å². The van der Waals surface area contributed by atoms with Crippen molar-refractivity contribution in [2.75, 3.05) is 32.7 Å². The zero-order valence-corrected chi connectivity index (χ0v) is 18.6. The van der Waals surface area contributed by atoms with E-state index < -0.39 is 23.9 Å². The van der Waals surface area contributed by atoms with Gasteiger partial charge in [0.05, 0.1) is 6.54 Å². The normalized spacial score (nSPS) is 24.5. The van der Waals surface area contributed by atoms with Crippen LogP contribution in [0.15, 0.2) is 0 Å². The number of nitrogens with two attached hydrogens (primary N) is 1. The summed E-state index contributed by atoms with van der Waals surface area (Å²) in [5.41, 5.74) is 5.59. The topological polar surface area (TPSA) is 125 Å². The Bertz CT molecular complexity index is 673. The van der Waals surface area contributed by atoms with E-state index in [2.05, 4.69) is 10.6 Å². The molecule has 2 saturated heterocycles. The van der Waals surface area contributed by atoms with E-state index in [0.29, 0.717) is 25.4 Å². The maximum Gasteiger partial charge on any atom is 0.245 e. The van der Waals surface area contributed by atoms with Gasteiger partial charge in [0.2, 0.25) is 23.6 Å². The van der Waals surface area contributed by atoms with Gasteiger partial charge in [0.15, 0.2) is 0 Å². The summed E-state index contributed by atoms with van der Waals surface area (Å²) in [4.78, 5) is 53.6. The van der Waals surface area contributed by atoms with E-state index in [4.69, 9.17) is 5.73 Å². The number of nitrogens with one attached hydrogen (secondary N) is 2.